The number of carboxylic acid groups (broad SMARTS) is 2. The van der Waals surface area contributed by atoms with Gasteiger partial charge in [-0.1, -0.05) is 21.9 Å². The number of carboxylic acids is 2. The molecular weight excluding hydrogens is 686 g/mol. The summed E-state index contributed by atoms with van der Waals surface area (Å²) >= 11 is 7.98. The fourth-order valence-electron chi connectivity index (χ4n) is 3.94. The lowest BCUT2D eigenvalue weighted by atomic mass is 10.0. The lowest BCUT2D eigenvalue weighted by Gasteiger charge is -2.49. The van der Waals surface area contributed by atoms with E-state index in [0.717, 1.165) is 40.3 Å². The van der Waals surface area contributed by atoms with Gasteiger partial charge in [-0.25, -0.2) is 14.6 Å². The number of halogens is 1. The van der Waals surface area contributed by atoms with Crippen LogP contribution in [-0.2, 0) is 28.9 Å². The van der Waals surface area contributed by atoms with Crippen LogP contribution in [0.4, 0.5) is 5.13 Å². The Labute approximate surface area is 277 Å². The molecule has 1 fully saturated rings. The van der Waals surface area contributed by atoms with Gasteiger partial charge in [-0.3, -0.25) is 19.3 Å². The van der Waals surface area contributed by atoms with Crippen LogP contribution < -0.4 is 16.4 Å². The Morgan fingerprint density at radius 2 is 1.98 bits per heavy atom. The molecule has 3 amide bonds. The van der Waals surface area contributed by atoms with Crippen molar-refractivity contribution in [1.82, 2.24) is 20.5 Å². The standard InChI is InChI=1S/C26H26ClN7O11S2/c1-26(2,24(42)43)45-33-15(12-9-47-25(28)31-12)20(38)32-16-21(39)34-17(23(40)41)10(8-46-22(16)34)7-30-44-6-5-29-19(37)11-3-4-13(35)18(36)14(11)27/h3-4,7,9,16,22,35-36H,5-6,8H2,1-2H3,(H2,28,31)(H,29,37)(H,32,38)(H,40,41)(H,42,43)/b30-7?,33-15-. The largest absolute Gasteiger partial charge is 0.504 e. The summed E-state index contributed by atoms with van der Waals surface area (Å²) in [5.74, 6) is -6.20. The van der Waals surface area contributed by atoms with Crippen molar-refractivity contribution in [3.8, 4) is 11.5 Å². The monoisotopic (exact) mass is 711 g/mol. The van der Waals surface area contributed by atoms with Crippen LogP contribution in [0.5, 0.6) is 11.5 Å². The molecule has 0 spiro atoms. The van der Waals surface area contributed by atoms with Gasteiger partial charge < -0.3 is 46.5 Å². The van der Waals surface area contributed by atoms with Crippen LogP contribution in [0, 0.1) is 0 Å². The number of nitrogen functional groups attached to an aromatic ring is 1. The molecule has 2 aliphatic heterocycles. The third-order valence-electron chi connectivity index (χ3n) is 6.45. The van der Waals surface area contributed by atoms with Crippen LogP contribution in [0.25, 0.3) is 0 Å². The fraction of sp³-hybridized carbons (Fsp3) is 0.308. The third-order valence-corrected chi connectivity index (χ3v) is 8.81. The average Bonchev–Trinajstić information content (AvgIpc) is 3.45. The molecule has 0 bridgehead atoms. The first-order valence-corrected chi connectivity index (χ1v) is 15.5. The number of hydrogen-bond acceptors (Lipinski definition) is 15. The number of aromatic nitrogens is 1. The summed E-state index contributed by atoms with van der Waals surface area (Å²) in [6.45, 7) is 2.22. The molecule has 2 aliphatic rings. The van der Waals surface area contributed by atoms with Gasteiger partial charge in [0.2, 0.25) is 5.60 Å². The van der Waals surface area contributed by atoms with Crippen LogP contribution in [0.2, 0.25) is 5.02 Å². The van der Waals surface area contributed by atoms with E-state index < -0.39 is 63.9 Å². The van der Waals surface area contributed by atoms with E-state index in [9.17, 15) is 44.4 Å². The topological polar surface area (TPSA) is 276 Å². The number of fused-ring (bicyclic) bond motifs is 1. The SMILES string of the molecule is CC(C)(O/N=C(\C(=O)NC1C(=O)N2C(C(=O)O)=C(C=NOCCNC(=O)c3ccc(O)c(O)c3Cl)CSC12)c1csc(N)n1)C(=O)O. The van der Waals surface area contributed by atoms with Crippen LogP contribution in [0.1, 0.15) is 29.9 Å². The molecule has 1 aromatic heterocycles. The number of hydrogen-bond donors (Lipinski definition) is 7. The molecule has 2 atom stereocenters. The van der Waals surface area contributed by atoms with Crippen molar-refractivity contribution in [2.75, 3.05) is 24.6 Å². The van der Waals surface area contributed by atoms with Gasteiger partial charge in [0, 0.05) is 16.7 Å². The van der Waals surface area contributed by atoms with Gasteiger partial charge in [-0.15, -0.1) is 23.1 Å². The number of amides is 3. The molecular formula is C26H26ClN7O11S2. The molecule has 4 rings (SSSR count). The first-order valence-electron chi connectivity index (χ1n) is 13.2. The number of β-lactam (4-membered cyclic amide) rings is 1. The van der Waals surface area contributed by atoms with Gasteiger partial charge >= 0.3 is 11.9 Å². The smallest absolute Gasteiger partial charge is 0.353 e. The number of carbonyl (C=O) groups is 5. The Kier molecular flexibility index (Phi) is 10.5. The zero-order chi connectivity index (χ0) is 34.6. The maximum atomic E-state index is 13.2. The number of nitrogens with zero attached hydrogens (tertiary/aromatic N) is 4. The van der Waals surface area contributed by atoms with E-state index in [2.05, 4.69) is 25.9 Å². The summed E-state index contributed by atoms with van der Waals surface area (Å²) in [5.41, 5.74) is 3.06. The number of nitrogens with one attached hydrogen (secondary N) is 2. The Bertz CT molecular complexity index is 1730. The molecule has 47 heavy (non-hydrogen) atoms. The number of benzene rings is 1. The van der Waals surface area contributed by atoms with Crippen molar-refractivity contribution in [3.05, 3.63) is 45.1 Å². The van der Waals surface area contributed by atoms with Crippen molar-refractivity contribution < 1.29 is 54.1 Å². The van der Waals surface area contributed by atoms with Crippen molar-refractivity contribution in [2.45, 2.75) is 30.9 Å². The minimum atomic E-state index is -1.81. The molecule has 0 saturated carbocycles. The molecule has 250 valence electrons. The Morgan fingerprint density at radius 1 is 1.26 bits per heavy atom. The van der Waals surface area contributed by atoms with Crippen molar-refractivity contribution in [1.29, 1.82) is 0 Å². The lowest BCUT2D eigenvalue weighted by molar-refractivity contribution is -0.161. The summed E-state index contributed by atoms with van der Waals surface area (Å²) in [6.07, 6.45) is 1.11. The van der Waals surface area contributed by atoms with Gasteiger partial charge in [0.25, 0.3) is 17.7 Å². The number of aromatic hydroxyl groups is 2. The number of thiazole rings is 1. The Morgan fingerprint density at radius 3 is 2.62 bits per heavy atom. The van der Waals surface area contributed by atoms with Crippen molar-refractivity contribution in [3.63, 3.8) is 0 Å². The number of nitrogens with two attached hydrogens (primary N) is 1. The van der Waals surface area contributed by atoms with Gasteiger partial charge in [0.05, 0.1) is 23.3 Å². The Balaban J connectivity index is 1.38. The first-order chi connectivity index (χ1) is 22.1. The minimum absolute atomic E-state index is 0.0289. The van der Waals surface area contributed by atoms with E-state index in [4.69, 9.17) is 27.0 Å². The highest BCUT2D eigenvalue weighted by Gasteiger charge is 2.54. The zero-order valence-corrected chi connectivity index (χ0v) is 26.7. The van der Waals surface area contributed by atoms with E-state index in [-0.39, 0.29) is 51.6 Å². The fourth-order valence-corrected chi connectivity index (χ4v) is 6.03. The second-order valence-corrected chi connectivity index (χ2v) is 12.4. The van der Waals surface area contributed by atoms with Crippen molar-refractivity contribution >= 4 is 81.4 Å². The van der Waals surface area contributed by atoms with E-state index in [0.29, 0.717) is 0 Å². The number of aliphatic carboxylic acids is 2. The molecule has 2 aromatic rings. The summed E-state index contributed by atoms with van der Waals surface area (Å²) in [4.78, 5) is 77.2. The number of oxime groups is 2. The quantitative estimate of drug-likeness (QED) is 0.0491. The number of anilines is 1. The van der Waals surface area contributed by atoms with E-state index in [1.54, 1.807) is 0 Å². The van der Waals surface area contributed by atoms with Crippen LogP contribution in [0.3, 0.4) is 0 Å². The lowest BCUT2D eigenvalue weighted by Crippen LogP contribution is -2.71. The molecule has 21 heteroatoms. The highest BCUT2D eigenvalue weighted by atomic mass is 35.5. The van der Waals surface area contributed by atoms with E-state index >= 15 is 0 Å². The molecule has 2 unspecified atom stereocenters. The van der Waals surface area contributed by atoms with Gasteiger partial charge in [0.15, 0.2) is 22.3 Å². The van der Waals surface area contributed by atoms with Crippen LogP contribution >= 0.6 is 34.7 Å². The number of carbonyl (C=O) groups excluding carboxylic acids is 3. The molecule has 0 aliphatic carbocycles. The summed E-state index contributed by atoms with van der Waals surface area (Å²) in [6, 6.07) is 1.15. The normalized spacial score (nSPS) is 18.0. The second-order valence-electron chi connectivity index (χ2n) is 10.1. The first kappa shape index (κ1) is 34.8. The maximum Gasteiger partial charge on any atom is 0.353 e. The second kappa shape index (κ2) is 14.1. The molecule has 8 N–H and O–H groups in total. The predicted molar refractivity (Wildman–Crippen MR) is 167 cm³/mol. The Hall–Kier alpha value is -5.08. The predicted octanol–water partition coefficient (Wildman–Crippen LogP) is 0.545. The summed E-state index contributed by atoms with van der Waals surface area (Å²) < 4.78 is 0. The van der Waals surface area contributed by atoms with Crippen LogP contribution in [0.15, 0.2) is 39.1 Å². The number of rotatable bonds is 13. The molecule has 1 saturated heterocycles. The minimum Gasteiger partial charge on any atom is -0.504 e. The third kappa shape index (κ3) is 7.50. The average molecular weight is 712 g/mol. The molecule has 1 aromatic carbocycles. The summed E-state index contributed by atoms with van der Waals surface area (Å²) in [5, 5.41) is 51.0. The maximum absolute atomic E-state index is 13.2. The van der Waals surface area contributed by atoms with Crippen LogP contribution in [-0.4, -0.2) is 108 Å². The van der Waals surface area contributed by atoms with Crippen molar-refractivity contribution in [2.24, 2.45) is 10.3 Å². The van der Waals surface area contributed by atoms with Gasteiger partial charge in [-0.05, 0) is 26.0 Å². The van der Waals surface area contributed by atoms with Gasteiger partial charge in [-0.2, -0.15) is 0 Å². The molecule has 3 heterocycles. The van der Waals surface area contributed by atoms with E-state index in [1.807, 2.05) is 0 Å². The molecule has 0 radical (unpaired) electrons. The highest BCUT2D eigenvalue weighted by Crippen LogP contribution is 2.40. The van der Waals surface area contributed by atoms with Gasteiger partial charge in [0.1, 0.15) is 29.4 Å². The summed E-state index contributed by atoms with van der Waals surface area (Å²) in [7, 11) is 0. The van der Waals surface area contributed by atoms with E-state index in [1.165, 1.54) is 25.3 Å². The highest BCUT2D eigenvalue weighted by molar-refractivity contribution is 8.00. The molecule has 18 nitrogen and oxygen atoms in total. The number of thioether (sulfide) groups is 1. The zero-order valence-electron chi connectivity index (χ0n) is 24.3. The number of phenols is 2. The number of phenolic OH excluding ortho intramolecular Hbond substituents is 2.